The lowest BCUT2D eigenvalue weighted by Crippen LogP contribution is -1.93. The second kappa shape index (κ2) is 15.8. The zero-order valence-corrected chi connectivity index (χ0v) is 18.3. The van der Waals surface area contributed by atoms with Crippen LogP contribution in [0.1, 0.15) is 34.6 Å². The molecule has 0 N–H and O–H groups in total. The molecule has 0 heterocycles. The van der Waals surface area contributed by atoms with Crippen LogP contribution in [0.3, 0.4) is 0 Å². The smallest absolute Gasteiger partial charge is 0.330 e. The normalized spacial score (nSPS) is 15.0. The number of methoxy groups -OCH3 is 1. The van der Waals surface area contributed by atoms with Gasteiger partial charge >= 0.3 is 5.97 Å². The topological polar surface area (TPSA) is 43.4 Å². The lowest BCUT2D eigenvalue weighted by atomic mass is 10.2. The molecule has 0 saturated heterocycles. The summed E-state index contributed by atoms with van der Waals surface area (Å²) in [6.07, 6.45) is 26.3. The third-order valence-electron chi connectivity index (χ3n) is 3.53. The van der Waals surface area contributed by atoms with Gasteiger partial charge in [-0.25, -0.2) is 4.79 Å². The van der Waals surface area contributed by atoms with Crippen molar-refractivity contribution in [2.45, 2.75) is 34.6 Å². The summed E-state index contributed by atoms with van der Waals surface area (Å²) in [6.45, 7) is 9.46. The Balaban J connectivity index is 4.67. The van der Waals surface area contributed by atoms with Crippen molar-refractivity contribution in [2.24, 2.45) is 0 Å². The van der Waals surface area contributed by atoms with Crippen molar-refractivity contribution in [3.8, 4) is 0 Å². The first-order valence-corrected chi connectivity index (χ1v) is 9.41. The molecule has 29 heavy (non-hydrogen) atoms. The minimum absolute atomic E-state index is 0.0442. The van der Waals surface area contributed by atoms with Gasteiger partial charge in [0.25, 0.3) is 0 Å². The van der Waals surface area contributed by atoms with Crippen LogP contribution in [0.5, 0.6) is 0 Å². The van der Waals surface area contributed by atoms with Crippen molar-refractivity contribution >= 4 is 11.8 Å². The molecule has 0 bridgehead atoms. The average Bonchev–Trinajstić information content (AvgIpc) is 2.67. The van der Waals surface area contributed by atoms with E-state index in [0.717, 1.165) is 22.3 Å². The second-order valence-electron chi connectivity index (χ2n) is 6.55. The first-order chi connectivity index (χ1) is 13.7. The lowest BCUT2D eigenvalue weighted by molar-refractivity contribution is -0.134. The number of ketones is 1. The van der Waals surface area contributed by atoms with E-state index >= 15 is 0 Å². The minimum atomic E-state index is -0.364. The Morgan fingerprint density at radius 2 is 0.897 bits per heavy atom. The van der Waals surface area contributed by atoms with Crippen molar-refractivity contribution in [1.29, 1.82) is 0 Å². The van der Waals surface area contributed by atoms with Crippen LogP contribution in [-0.2, 0) is 14.3 Å². The number of carbonyl (C=O) groups excluding carboxylic acids is 2. The van der Waals surface area contributed by atoms with Crippen molar-refractivity contribution in [3.63, 3.8) is 0 Å². The molecule has 0 atom stereocenters. The predicted molar refractivity (Wildman–Crippen MR) is 123 cm³/mol. The molecule has 154 valence electrons. The van der Waals surface area contributed by atoms with Crippen molar-refractivity contribution in [3.05, 3.63) is 107 Å². The number of hydrogen-bond acceptors (Lipinski definition) is 3. The molecule has 0 fully saturated rings. The molecule has 0 amide bonds. The van der Waals surface area contributed by atoms with E-state index in [1.165, 1.54) is 20.1 Å². The fourth-order valence-electron chi connectivity index (χ4n) is 1.86. The van der Waals surface area contributed by atoms with Gasteiger partial charge in [0.2, 0.25) is 0 Å². The van der Waals surface area contributed by atoms with E-state index in [2.05, 4.69) is 4.74 Å². The standard InChI is InChI=1S/C26H32O3/c1-21(13-9-15-23(3)17-19-25(5)27)11-7-8-12-22(2)14-10-16-24(4)18-20-26(28)29-6/h7-20H,1-6H3. The fourth-order valence-corrected chi connectivity index (χ4v) is 1.86. The molecule has 0 aromatic carbocycles. The summed E-state index contributed by atoms with van der Waals surface area (Å²) in [7, 11) is 1.36. The van der Waals surface area contributed by atoms with E-state index < -0.39 is 0 Å². The molecule has 0 aromatic heterocycles. The quantitative estimate of drug-likeness (QED) is 0.248. The van der Waals surface area contributed by atoms with Crippen LogP contribution in [0.2, 0.25) is 0 Å². The van der Waals surface area contributed by atoms with Gasteiger partial charge in [0.05, 0.1) is 7.11 Å². The van der Waals surface area contributed by atoms with E-state index in [0.29, 0.717) is 0 Å². The highest BCUT2D eigenvalue weighted by molar-refractivity contribution is 5.87. The van der Waals surface area contributed by atoms with Gasteiger partial charge in [0.15, 0.2) is 5.78 Å². The molecular formula is C26H32O3. The molecule has 0 saturated carbocycles. The Labute approximate surface area is 175 Å². The van der Waals surface area contributed by atoms with Gasteiger partial charge < -0.3 is 4.74 Å². The predicted octanol–water partition coefficient (Wildman–Crippen LogP) is 6.31. The lowest BCUT2D eigenvalue weighted by Gasteiger charge is -1.91. The Kier molecular flexibility index (Phi) is 14.1. The number of ether oxygens (including phenoxy) is 1. The van der Waals surface area contributed by atoms with Gasteiger partial charge in [-0.2, -0.15) is 0 Å². The molecule has 0 radical (unpaired) electrons. The number of rotatable bonds is 10. The number of allylic oxidation sites excluding steroid dienone is 17. The van der Waals surface area contributed by atoms with Gasteiger partial charge in [0.1, 0.15) is 0 Å². The van der Waals surface area contributed by atoms with Crippen LogP contribution in [0.4, 0.5) is 0 Å². The first-order valence-electron chi connectivity index (χ1n) is 9.41. The second-order valence-corrected chi connectivity index (χ2v) is 6.55. The largest absolute Gasteiger partial charge is 0.466 e. The van der Waals surface area contributed by atoms with Crippen molar-refractivity contribution in [1.82, 2.24) is 0 Å². The zero-order valence-electron chi connectivity index (χ0n) is 18.3. The number of carbonyl (C=O) groups is 2. The Bertz CT molecular complexity index is 820. The van der Waals surface area contributed by atoms with E-state index in [4.69, 9.17) is 0 Å². The van der Waals surface area contributed by atoms with Gasteiger partial charge in [-0.1, -0.05) is 95.2 Å². The SMILES string of the molecule is COC(=O)C=CC(C)=CC=CC(C)=CC=CC=C(C)C=CC=C(C)C=CC(C)=O. The highest BCUT2D eigenvalue weighted by atomic mass is 16.5. The summed E-state index contributed by atoms with van der Waals surface area (Å²) in [6, 6.07) is 0. The Morgan fingerprint density at radius 1 is 0.517 bits per heavy atom. The monoisotopic (exact) mass is 392 g/mol. The van der Waals surface area contributed by atoms with Crippen LogP contribution in [-0.4, -0.2) is 18.9 Å². The van der Waals surface area contributed by atoms with E-state index in [9.17, 15) is 9.59 Å². The summed E-state index contributed by atoms with van der Waals surface area (Å²) in [5.74, 6) is -0.320. The van der Waals surface area contributed by atoms with Gasteiger partial charge in [0, 0.05) is 6.08 Å². The Hall–Kier alpha value is -3.20. The molecule has 0 rings (SSSR count). The molecule has 0 spiro atoms. The maximum absolute atomic E-state index is 11.0. The van der Waals surface area contributed by atoms with Gasteiger partial charge in [-0.05, 0) is 40.7 Å². The maximum atomic E-state index is 11.0. The molecule has 3 heteroatoms. The molecule has 3 nitrogen and oxygen atoms in total. The maximum Gasteiger partial charge on any atom is 0.330 e. The number of hydrogen-bond donors (Lipinski definition) is 0. The molecule has 0 aliphatic heterocycles. The number of esters is 1. The van der Waals surface area contributed by atoms with Crippen molar-refractivity contribution in [2.75, 3.05) is 7.11 Å². The van der Waals surface area contributed by atoms with E-state index in [1.54, 1.807) is 18.2 Å². The van der Waals surface area contributed by atoms with Crippen molar-refractivity contribution < 1.29 is 14.3 Å². The van der Waals surface area contributed by atoms with Crippen LogP contribution in [0.15, 0.2) is 107 Å². The average molecular weight is 393 g/mol. The van der Waals surface area contributed by atoms with Crippen LogP contribution in [0.25, 0.3) is 0 Å². The minimum Gasteiger partial charge on any atom is -0.466 e. The molecule has 0 aromatic rings. The third-order valence-corrected chi connectivity index (χ3v) is 3.53. The highest BCUT2D eigenvalue weighted by Gasteiger charge is 1.89. The van der Waals surface area contributed by atoms with E-state index in [-0.39, 0.29) is 11.8 Å². The Morgan fingerprint density at radius 3 is 1.31 bits per heavy atom. The van der Waals surface area contributed by atoms with Crippen LogP contribution < -0.4 is 0 Å². The van der Waals surface area contributed by atoms with Gasteiger partial charge in [-0.15, -0.1) is 0 Å². The molecular weight excluding hydrogens is 360 g/mol. The summed E-state index contributed by atoms with van der Waals surface area (Å²) in [5.41, 5.74) is 4.22. The zero-order chi connectivity index (χ0) is 22.1. The summed E-state index contributed by atoms with van der Waals surface area (Å²) in [4.78, 5) is 21.9. The third kappa shape index (κ3) is 16.7. The van der Waals surface area contributed by atoms with Crippen LogP contribution in [0, 0.1) is 0 Å². The highest BCUT2D eigenvalue weighted by Crippen LogP contribution is 2.02. The van der Waals surface area contributed by atoms with Gasteiger partial charge in [-0.3, -0.25) is 4.79 Å². The summed E-state index contributed by atoms with van der Waals surface area (Å²) in [5, 5.41) is 0. The molecule has 0 aliphatic rings. The molecule has 0 unspecified atom stereocenters. The first kappa shape index (κ1) is 25.8. The fraction of sp³-hybridized carbons (Fsp3) is 0.231. The molecule has 0 aliphatic carbocycles. The van der Waals surface area contributed by atoms with E-state index in [1.807, 2.05) is 88.5 Å². The summed E-state index contributed by atoms with van der Waals surface area (Å²) >= 11 is 0. The summed E-state index contributed by atoms with van der Waals surface area (Å²) < 4.78 is 4.55. The van der Waals surface area contributed by atoms with Crippen LogP contribution >= 0.6 is 0 Å².